The molecular formula is C27H30BrN3O5S. The van der Waals surface area contributed by atoms with Gasteiger partial charge in [0.25, 0.3) is 10.0 Å². The number of likely N-dealkylation sites (N-methyl/N-ethyl adjacent to an activating group) is 1. The molecule has 0 aromatic heterocycles. The van der Waals surface area contributed by atoms with Crippen molar-refractivity contribution in [2.45, 2.75) is 31.3 Å². The van der Waals surface area contributed by atoms with E-state index in [2.05, 4.69) is 21.2 Å². The number of rotatable bonds is 11. The summed E-state index contributed by atoms with van der Waals surface area (Å²) in [5, 5.41) is 2.74. The molecule has 0 aliphatic carbocycles. The highest BCUT2D eigenvalue weighted by Gasteiger charge is 2.32. The van der Waals surface area contributed by atoms with Crippen LogP contribution in [0.3, 0.4) is 0 Å². The van der Waals surface area contributed by atoms with Gasteiger partial charge in [-0.2, -0.15) is 0 Å². The zero-order chi connectivity index (χ0) is 27.0. The van der Waals surface area contributed by atoms with Crippen molar-refractivity contribution >= 4 is 43.5 Å². The smallest absolute Gasteiger partial charge is 0.264 e. The second kappa shape index (κ2) is 12.7. The maximum absolute atomic E-state index is 13.8. The van der Waals surface area contributed by atoms with Gasteiger partial charge in [0.2, 0.25) is 11.8 Å². The summed E-state index contributed by atoms with van der Waals surface area (Å²) in [6, 6.07) is 21.0. The van der Waals surface area contributed by atoms with Crippen molar-refractivity contribution in [2.24, 2.45) is 0 Å². The van der Waals surface area contributed by atoms with Gasteiger partial charge in [-0.15, -0.1) is 0 Å². The largest absolute Gasteiger partial charge is 0.497 e. The lowest BCUT2D eigenvalue weighted by atomic mass is 10.1. The summed E-state index contributed by atoms with van der Waals surface area (Å²) in [7, 11) is -2.64. The summed E-state index contributed by atoms with van der Waals surface area (Å²) in [5.74, 6) is -0.406. The number of hydrogen-bond donors (Lipinski definition) is 1. The lowest BCUT2D eigenvalue weighted by molar-refractivity contribution is -0.139. The predicted molar refractivity (Wildman–Crippen MR) is 147 cm³/mol. The molecule has 0 saturated heterocycles. The number of nitrogens with zero attached hydrogens (tertiary/aromatic N) is 2. The van der Waals surface area contributed by atoms with Crippen LogP contribution in [0.15, 0.2) is 88.2 Å². The first kappa shape index (κ1) is 28.2. The summed E-state index contributed by atoms with van der Waals surface area (Å²) >= 11 is 3.40. The number of anilines is 1. The highest BCUT2D eigenvalue weighted by atomic mass is 79.9. The van der Waals surface area contributed by atoms with Gasteiger partial charge in [0.15, 0.2) is 0 Å². The van der Waals surface area contributed by atoms with E-state index < -0.39 is 28.5 Å². The Morgan fingerprint density at radius 1 is 1.00 bits per heavy atom. The molecule has 196 valence electrons. The van der Waals surface area contributed by atoms with Crippen LogP contribution in [0.2, 0.25) is 0 Å². The van der Waals surface area contributed by atoms with Crippen LogP contribution in [-0.2, 0) is 26.2 Å². The minimum atomic E-state index is -4.12. The number of nitrogens with one attached hydrogen (secondary N) is 1. The summed E-state index contributed by atoms with van der Waals surface area (Å²) in [4.78, 5) is 27.9. The van der Waals surface area contributed by atoms with Gasteiger partial charge < -0.3 is 15.0 Å². The quantitative estimate of drug-likeness (QED) is 0.362. The van der Waals surface area contributed by atoms with Crippen molar-refractivity contribution in [3.63, 3.8) is 0 Å². The third-order valence-electron chi connectivity index (χ3n) is 5.74. The van der Waals surface area contributed by atoms with Crippen molar-refractivity contribution in [1.29, 1.82) is 0 Å². The maximum atomic E-state index is 13.8. The third kappa shape index (κ3) is 7.11. The van der Waals surface area contributed by atoms with Gasteiger partial charge in [0.1, 0.15) is 18.3 Å². The van der Waals surface area contributed by atoms with Crippen LogP contribution in [-0.4, -0.2) is 51.4 Å². The van der Waals surface area contributed by atoms with E-state index in [1.165, 1.54) is 24.1 Å². The average molecular weight is 589 g/mol. The minimum absolute atomic E-state index is 0.0434. The van der Waals surface area contributed by atoms with Crippen LogP contribution in [0.25, 0.3) is 0 Å². The van der Waals surface area contributed by atoms with Gasteiger partial charge in [-0.1, -0.05) is 52.3 Å². The SMILES string of the molecule is CCNC(=O)[C@@H](C)N(Cc1ccc(Br)cc1)C(=O)CN(c1cccc(OC)c1)S(=O)(=O)c1ccccc1. The summed E-state index contributed by atoms with van der Waals surface area (Å²) in [6.45, 7) is 3.44. The van der Waals surface area contributed by atoms with Gasteiger partial charge in [-0.05, 0) is 55.8 Å². The first-order valence-corrected chi connectivity index (χ1v) is 13.9. The van der Waals surface area contributed by atoms with Crippen molar-refractivity contribution < 1.29 is 22.7 Å². The van der Waals surface area contributed by atoms with Crippen molar-refractivity contribution in [3.8, 4) is 5.75 Å². The van der Waals surface area contributed by atoms with Crippen molar-refractivity contribution in [1.82, 2.24) is 10.2 Å². The number of hydrogen-bond acceptors (Lipinski definition) is 5. The lowest BCUT2D eigenvalue weighted by Crippen LogP contribution is -2.51. The molecule has 3 rings (SSSR count). The Morgan fingerprint density at radius 2 is 1.68 bits per heavy atom. The highest BCUT2D eigenvalue weighted by molar-refractivity contribution is 9.10. The van der Waals surface area contributed by atoms with E-state index in [1.807, 2.05) is 24.3 Å². The van der Waals surface area contributed by atoms with Gasteiger partial charge in [-0.3, -0.25) is 13.9 Å². The fourth-order valence-corrected chi connectivity index (χ4v) is 5.40. The molecule has 0 saturated carbocycles. The maximum Gasteiger partial charge on any atom is 0.264 e. The fraction of sp³-hybridized carbons (Fsp3) is 0.259. The van der Waals surface area contributed by atoms with Crippen LogP contribution in [0.1, 0.15) is 19.4 Å². The predicted octanol–water partition coefficient (Wildman–Crippen LogP) is 4.21. The number of carbonyl (C=O) groups excluding carboxylic acids is 2. The molecule has 0 aliphatic heterocycles. The Morgan fingerprint density at radius 3 is 2.30 bits per heavy atom. The van der Waals surface area contributed by atoms with E-state index in [1.54, 1.807) is 56.3 Å². The monoisotopic (exact) mass is 587 g/mol. The molecule has 0 radical (unpaired) electrons. The number of methoxy groups -OCH3 is 1. The van der Waals surface area contributed by atoms with Gasteiger partial charge in [0, 0.05) is 23.6 Å². The molecule has 10 heteroatoms. The van der Waals surface area contributed by atoms with Gasteiger partial charge in [-0.25, -0.2) is 8.42 Å². The highest BCUT2D eigenvalue weighted by Crippen LogP contribution is 2.27. The van der Waals surface area contributed by atoms with Crippen LogP contribution in [0, 0.1) is 0 Å². The Hall–Kier alpha value is -3.37. The molecule has 0 heterocycles. The van der Waals surface area contributed by atoms with Crippen LogP contribution < -0.4 is 14.4 Å². The molecule has 37 heavy (non-hydrogen) atoms. The summed E-state index contributed by atoms with van der Waals surface area (Å²) < 4.78 is 34.7. The van der Waals surface area contributed by atoms with E-state index in [9.17, 15) is 18.0 Å². The first-order valence-electron chi connectivity index (χ1n) is 11.7. The third-order valence-corrected chi connectivity index (χ3v) is 8.05. The summed E-state index contributed by atoms with van der Waals surface area (Å²) in [5.41, 5.74) is 1.07. The van der Waals surface area contributed by atoms with Gasteiger partial charge >= 0.3 is 0 Å². The van der Waals surface area contributed by atoms with Crippen molar-refractivity contribution in [2.75, 3.05) is 24.5 Å². The lowest BCUT2D eigenvalue weighted by Gasteiger charge is -2.32. The van der Waals surface area contributed by atoms with E-state index in [0.29, 0.717) is 12.3 Å². The Bertz CT molecular complexity index is 1320. The molecule has 2 amide bonds. The second-order valence-corrected chi connectivity index (χ2v) is 11.0. The molecule has 0 spiro atoms. The molecule has 8 nitrogen and oxygen atoms in total. The van der Waals surface area contributed by atoms with Crippen molar-refractivity contribution in [3.05, 3.63) is 88.9 Å². The molecule has 3 aromatic carbocycles. The van der Waals surface area contributed by atoms with Crippen LogP contribution >= 0.6 is 15.9 Å². The first-order chi connectivity index (χ1) is 17.7. The Balaban J connectivity index is 2.03. The number of sulfonamides is 1. The molecule has 0 fully saturated rings. The molecule has 3 aromatic rings. The molecule has 1 N–H and O–H groups in total. The van der Waals surface area contributed by atoms with E-state index in [0.717, 1.165) is 14.3 Å². The Kier molecular flexibility index (Phi) is 9.71. The summed E-state index contributed by atoms with van der Waals surface area (Å²) in [6.07, 6.45) is 0. The number of halogens is 1. The average Bonchev–Trinajstić information content (AvgIpc) is 2.91. The number of ether oxygens (including phenoxy) is 1. The zero-order valence-corrected chi connectivity index (χ0v) is 23.3. The second-order valence-electron chi connectivity index (χ2n) is 8.24. The molecule has 0 unspecified atom stereocenters. The van der Waals surface area contributed by atoms with Crippen LogP contribution in [0.5, 0.6) is 5.75 Å². The number of amides is 2. The topological polar surface area (TPSA) is 96.0 Å². The standard InChI is InChI=1S/C27H30BrN3O5S/c1-4-29-27(33)20(2)30(18-21-13-15-22(28)16-14-21)26(32)19-31(23-9-8-10-24(17-23)36-3)37(34,35)25-11-6-5-7-12-25/h5-17,20H,4,18-19H2,1-3H3,(H,29,33)/t20-/m1/s1. The van der Waals surface area contributed by atoms with E-state index in [-0.39, 0.29) is 23.0 Å². The normalized spacial score (nSPS) is 11.9. The van der Waals surface area contributed by atoms with E-state index >= 15 is 0 Å². The van der Waals surface area contributed by atoms with E-state index in [4.69, 9.17) is 4.74 Å². The molecule has 0 aliphatic rings. The Labute approximate surface area is 226 Å². The number of benzene rings is 3. The zero-order valence-electron chi connectivity index (χ0n) is 20.9. The minimum Gasteiger partial charge on any atom is -0.497 e. The fourth-order valence-electron chi connectivity index (χ4n) is 3.71. The molecular weight excluding hydrogens is 558 g/mol. The molecule has 0 bridgehead atoms. The van der Waals surface area contributed by atoms with Crippen LogP contribution in [0.4, 0.5) is 5.69 Å². The van der Waals surface area contributed by atoms with Gasteiger partial charge in [0.05, 0.1) is 17.7 Å². The molecule has 1 atom stereocenters. The number of carbonyl (C=O) groups is 2.